The average Bonchev–Trinajstić information content (AvgIpc) is 3.08. The van der Waals surface area contributed by atoms with Crippen LogP contribution in [0.25, 0.3) is 0 Å². The van der Waals surface area contributed by atoms with Crippen molar-refractivity contribution in [3.05, 3.63) is 29.8 Å². The molecule has 0 aromatic heterocycles. The monoisotopic (exact) mass is 439 g/mol. The molecule has 1 aromatic carbocycles. The maximum absolute atomic E-state index is 14.0. The Morgan fingerprint density at radius 3 is 2.29 bits per heavy atom. The van der Waals surface area contributed by atoms with Crippen LogP contribution in [0.3, 0.4) is 0 Å². The standard InChI is InChI=1S/C21H31F2N5O3/c1-11(25-5)18(29)27-17(21(2,3)4)20(31)28-10-12(24)9-15(28)19(30)26-16-13(22)7-6-8-14(16)23/h6-8,11-12,15,17,25H,9-10,24H2,1-5H3,(H,26,30)(H,27,29)/t11-,12+,15+,17-/m1/s1. The lowest BCUT2D eigenvalue weighted by molar-refractivity contribution is -0.143. The summed E-state index contributed by atoms with van der Waals surface area (Å²) in [5.74, 6) is -3.43. The predicted molar refractivity (Wildman–Crippen MR) is 113 cm³/mol. The van der Waals surface area contributed by atoms with Crippen LogP contribution in [0.15, 0.2) is 18.2 Å². The number of rotatable bonds is 6. The molecule has 1 fully saturated rings. The molecule has 0 unspecified atom stereocenters. The van der Waals surface area contributed by atoms with Gasteiger partial charge in [0, 0.05) is 12.6 Å². The Kier molecular flexibility index (Phi) is 7.72. The van der Waals surface area contributed by atoms with Gasteiger partial charge in [-0.1, -0.05) is 26.8 Å². The van der Waals surface area contributed by atoms with E-state index in [1.807, 2.05) is 0 Å². The van der Waals surface area contributed by atoms with E-state index in [0.717, 1.165) is 12.1 Å². The van der Waals surface area contributed by atoms with Crippen LogP contribution in [0.5, 0.6) is 0 Å². The van der Waals surface area contributed by atoms with Crippen molar-refractivity contribution in [1.82, 2.24) is 15.5 Å². The molecule has 3 amide bonds. The number of para-hydroxylation sites is 1. The fourth-order valence-corrected chi connectivity index (χ4v) is 3.40. The number of hydrogen-bond acceptors (Lipinski definition) is 5. The molecule has 1 aromatic rings. The zero-order valence-electron chi connectivity index (χ0n) is 18.5. The molecular weight excluding hydrogens is 408 g/mol. The van der Waals surface area contributed by atoms with Crippen molar-refractivity contribution in [3.8, 4) is 0 Å². The molecule has 31 heavy (non-hydrogen) atoms. The second-order valence-electron chi connectivity index (χ2n) is 8.91. The van der Waals surface area contributed by atoms with Gasteiger partial charge in [-0.3, -0.25) is 14.4 Å². The zero-order chi connectivity index (χ0) is 23.5. The summed E-state index contributed by atoms with van der Waals surface area (Å²) in [6.07, 6.45) is 0.130. The van der Waals surface area contributed by atoms with E-state index in [2.05, 4.69) is 16.0 Å². The van der Waals surface area contributed by atoms with E-state index in [0.29, 0.717) is 0 Å². The lowest BCUT2D eigenvalue weighted by atomic mass is 9.85. The second kappa shape index (κ2) is 9.69. The molecule has 1 aliphatic heterocycles. The second-order valence-corrected chi connectivity index (χ2v) is 8.91. The molecule has 10 heteroatoms. The van der Waals surface area contributed by atoms with Gasteiger partial charge in [0.15, 0.2) is 0 Å². The summed E-state index contributed by atoms with van der Waals surface area (Å²) in [4.78, 5) is 39.9. The first kappa shape index (κ1) is 24.7. The predicted octanol–water partition coefficient (Wildman–Crippen LogP) is 0.970. The van der Waals surface area contributed by atoms with Crippen molar-refractivity contribution in [2.24, 2.45) is 11.1 Å². The van der Waals surface area contributed by atoms with Crippen LogP contribution in [-0.2, 0) is 14.4 Å². The molecule has 0 spiro atoms. The highest BCUT2D eigenvalue weighted by Gasteiger charge is 2.44. The maximum Gasteiger partial charge on any atom is 0.247 e. The fourth-order valence-electron chi connectivity index (χ4n) is 3.40. The zero-order valence-corrected chi connectivity index (χ0v) is 18.5. The van der Waals surface area contributed by atoms with Gasteiger partial charge in [-0.2, -0.15) is 0 Å². The Morgan fingerprint density at radius 2 is 1.77 bits per heavy atom. The summed E-state index contributed by atoms with van der Waals surface area (Å²) in [7, 11) is 1.62. The van der Waals surface area contributed by atoms with Crippen LogP contribution < -0.4 is 21.7 Å². The van der Waals surface area contributed by atoms with Gasteiger partial charge in [-0.15, -0.1) is 0 Å². The number of nitrogens with zero attached hydrogens (tertiary/aromatic N) is 1. The van der Waals surface area contributed by atoms with Crippen LogP contribution in [0.4, 0.5) is 14.5 Å². The summed E-state index contributed by atoms with van der Waals surface area (Å²) in [5, 5.41) is 7.79. The van der Waals surface area contributed by atoms with Crippen molar-refractivity contribution in [1.29, 1.82) is 0 Å². The first-order chi connectivity index (χ1) is 14.4. The van der Waals surface area contributed by atoms with E-state index in [1.165, 1.54) is 11.0 Å². The molecule has 0 bridgehead atoms. The third kappa shape index (κ3) is 5.76. The number of carbonyl (C=O) groups is 3. The van der Waals surface area contributed by atoms with Crippen molar-refractivity contribution in [2.45, 2.75) is 58.3 Å². The number of likely N-dealkylation sites (N-methyl/N-ethyl adjacent to an activating group) is 1. The van der Waals surface area contributed by atoms with E-state index >= 15 is 0 Å². The van der Waals surface area contributed by atoms with E-state index in [1.54, 1.807) is 34.7 Å². The number of carbonyl (C=O) groups excluding carboxylic acids is 3. The summed E-state index contributed by atoms with van der Waals surface area (Å²) >= 11 is 0. The number of amides is 3. The van der Waals surface area contributed by atoms with Crippen molar-refractivity contribution < 1.29 is 23.2 Å². The van der Waals surface area contributed by atoms with Crippen molar-refractivity contribution >= 4 is 23.4 Å². The largest absolute Gasteiger partial charge is 0.342 e. The van der Waals surface area contributed by atoms with Gasteiger partial charge in [0.05, 0.1) is 6.04 Å². The summed E-state index contributed by atoms with van der Waals surface area (Å²) in [6.45, 7) is 7.12. The third-order valence-corrected chi connectivity index (χ3v) is 5.36. The van der Waals surface area contributed by atoms with Crippen LogP contribution in [0.1, 0.15) is 34.1 Å². The third-order valence-electron chi connectivity index (χ3n) is 5.36. The number of halogens is 2. The summed E-state index contributed by atoms with van der Waals surface area (Å²) in [6, 6.07) is 0.266. The normalized spacial score (nSPS) is 20.8. The molecule has 0 saturated carbocycles. The average molecular weight is 440 g/mol. The topological polar surface area (TPSA) is 117 Å². The Hall–Kier alpha value is -2.59. The number of likely N-dealkylation sites (tertiary alicyclic amines) is 1. The Balaban J connectivity index is 2.27. The number of nitrogens with two attached hydrogens (primary N) is 1. The van der Waals surface area contributed by atoms with Crippen LogP contribution in [0.2, 0.25) is 0 Å². The molecule has 4 atom stereocenters. The lowest BCUT2D eigenvalue weighted by Gasteiger charge is -2.36. The minimum Gasteiger partial charge on any atom is -0.342 e. The van der Waals surface area contributed by atoms with Gasteiger partial charge in [0.1, 0.15) is 29.4 Å². The molecule has 2 rings (SSSR count). The quantitative estimate of drug-likeness (QED) is 0.527. The molecule has 1 heterocycles. The van der Waals surface area contributed by atoms with Gasteiger partial charge >= 0.3 is 0 Å². The van der Waals surface area contributed by atoms with E-state index in [4.69, 9.17) is 5.73 Å². The first-order valence-corrected chi connectivity index (χ1v) is 10.1. The summed E-state index contributed by atoms with van der Waals surface area (Å²) < 4.78 is 27.9. The Morgan fingerprint density at radius 1 is 1.19 bits per heavy atom. The number of anilines is 1. The van der Waals surface area contributed by atoms with E-state index in [9.17, 15) is 23.2 Å². The van der Waals surface area contributed by atoms with Crippen LogP contribution >= 0.6 is 0 Å². The minimum absolute atomic E-state index is 0.0840. The fraction of sp³-hybridized carbons (Fsp3) is 0.571. The highest BCUT2D eigenvalue weighted by atomic mass is 19.1. The molecule has 8 nitrogen and oxygen atoms in total. The molecule has 1 aliphatic rings. The smallest absolute Gasteiger partial charge is 0.247 e. The van der Waals surface area contributed by atoms with Gasteiger partial charge in [-0.25, -0.2) is 8.78 Å². The van der Waals surface area contributed by atoms with E-state index < -0.39 is 58.7 Å². The molecular formula is C21H31F2N5O3. The van der Waals surface area contributed by atoms with Gasteiger partial charge in [-0.05, 0) is 37.9 Å². The molecule has 0 aliphatic carbocycles. The molecule has 172 valence electrons. The van der Waals surface area contributed by atoms with E-state index in [-0.39, 0.29) is 18.9 Å². The number of hydrogen-bond donors (Lipinski definition) is 4. The highest BCUT2D eigenvalue weighted by molar-refractivity contribution is 5.99. The molecule has 0 radical (unpaired) electrons. The lowest BCUT2D eigenvalue weighted by Crippen LogP contribution is -2.59. The number of benzene rings is 1. The molecule has 1 saturated heterocycles. The van der Waals surface area contributed by atoms with Crippen molar-refractivity contribution in [3.63, 3.8) is 0 Å². The van der Waals surface area contributed by atoms with Crippen molar-refractivity contribution in [2.75, 3.05) is 18.9 Å². The number of nitrogens with one attached hydrogen (secondary N) is 3. The maximum atomic E-state index is 14.0. The Bertz CT molecular complexity index is 823. The van der Waals surface area contributed by atoms with Gasteiger partial charge < -0.3 is 26.6 Å². The highest BCUT2D eigenvalue weighted by Crippen LogP contribution is 2.27. The van der Waals surface area contributed by atoms with Gasteiger partial charge in [0.2, 0.25) is 17.7 Å². The minimum atomic E-state index is -1.02. The van der Waals surface area contributed by atoms with Gasteiger partial charge in [0.25, 0.3) is 0 Å². The van der Waals surface area contributed by atoms with Crippen LogP contribution in [-0.4, -0.2) is 60.4 Å². The Labute approximate surface area is 180 Å². The van der Waals surface area contributed by atoms with Crippen LogP contribution in [0, 0.1) is 17.0 Å². The molecule has 5 N–H and O–H groups in total. The SMILES string of the molecule is CN[C@H](C)C(=O)N[C@H](C(=O)N1C[C@@H](N)C[C@H]1C(=O)Nc1c(F)cccc1F)C(C)(C)C. The summed E-state index contributed by atoms with van der Waals surface area (Å²) in [5.41, 5.74) is 4.76. The first-order valence-electron chi connectivity index (χ1n) is 10.1.